The predicted octanol–water partition coefficient (Wildman–Crippen LogP) is 2.15. The number of methoxy groups -OCH3 is 1. The number of aryl methyl sites for hydroxylation is 1. The first-order chi connectivity index (χ1) is 10.7. The first-order valence-corrected chi connectivity index (χ1v) is 7.61. The van der Waals surface area contributed by atoms with Crippen molar-refractivity contribution in [1.29, 1.82) is 0 Å². The molecule has 6 nitrogen and oxygen atoms in total. The number of benzene rings is 1. The number of amides is 3. The van der Waals surface area contributed by atoms with Crippen molar-refractivity contribution >= 4 is 11.9 Å². The van der Waals surface area contributed by atoms with Crippen molar-refractivity contribution in [3.63, 3.8) is 0 Å². The monoisotopic (exact) mass is 307 g/mol. The lowest BCUT2D eigenvalue weighted by atomic mass is 10.1. The van der Waals surface area contributed by atoms with E-state index < -0.39 is 0 Å². The normalized spacial score (nSPS) is 9.91. The summed E-state index contributed by atoms with van der Waals surface area (Å²) in [6, 6.07) is 7.53. The maximum Gasteiger partial charge on any atom is 0.333 e. The molecule has 0 aromatic heterocycles. The molecule has 0 aliphatic heterocycles. The SMILES string of the molecule is CCCNC(=O)NNC(=O)CCCCc1ccc(OC)cc1. The van der Waals surface area contributed by atoms with E-state index in [9.17, 15) is 9.59 Å². The van der Waals surface area contributed by atoms with E-state index >= 15 is 0 Å². The molecule has 0 fully saturated rings. The van der Waals surface area contributed by atoms with E-state index in [2.05, 4.69) is 16.2 Å². The summed E-state index contributed by atoms with van der Waals surface area (Å²) in [5.41, 5.74) is 5.93. The van der Waals surface area contributed by atoms with Crippen molar-refractivity contribution in [2.75, 3.05) is 13.7 Å². The molecule has 1 aromatic rings. The standard InChI is InChI=1S/C16H25N3O3/c1-3-12-17-16(21)19-18-15(20)7-5-4-6-13-8-10-14(22-2)11-9-13/h8-11H,3-7,12H2,1-2H3,(H,18,20)(H2,17,19,21). The Morgan fingerprint density at radius 1 is 1.09 bits per heavy atom. The van der Waals surface area contributed by atoms with Crippen molar-refractivity contribution in [3.8, 4) is 5.75 Å². The molecule has 0 aliphatic rings. The number of hydrogen-bond acceptors (Lipinski definition) is 3. The van der Waals surface area contributed by atoms with Gasteiger partial charge in [-0.3, -0.25) is 10.2 Å². The Bertz CT molecular complexity index is 460. The lowest BCUT2D eigenvalue weighted by Gasteiger charge is -2.08. The third-order valence-corrected chi connectivity index (χ3v) is 3.13. The topological polar surface area (TPSA) is 79.5 Å². The summed E-state index contributed by atoms with van der Waals surface area (Å²) in [5, 5.41) is 2.61. The fourth-order valence-electron chi connectivity index (χ4n) is 1.88. The van der Waals surface area contributed by atoms with Crippen LogP contribution in [0.1, 0.15) is 38.2 Å². The third kappa shape index (κ3) is 7.52. The predicted molar refractivity (Wildman–Crippen MR) is 85.5 cm³/mol. The van der Waals surface area contributed by atoms with E-state index in [-0.39, 0.29) is 11.9 Å². The summed E-state index contributed by atoms with van der Waals surface area (Å²) in [4.78, 5) is 22.8. The summed E-state index contributed by atoms with van der Waals surface area (Å²) in [6.07, 6.45) is 3.86. The molecule has 0 atom stereocenters. The number of unbranched alkanes of at least 4 members (excludes halogenated alkanes) is 1. The average Bonchev–Trinajstić information content (AvgIpc) is 2.55. The number of hydrogen-bond donors (Lipinski definition) is 3. The van der Waals surface area contributed by atoms with Crippen LogP contribution in [-0.4, -0.2) is 25.6 Å². The Hall–Kier alpha value is -2.24. The number of ether oxygens (including phenoxy) is 1. The molecular weight excluding hydrogens is 282 g/mol. The molecule has 122 valence electrons. The van der Waals surface area contributed by atoms with E-state index in [0.29, 0.717) is 13.0 Å². The van der Waals surface area contributed by atoms with Crippen molar-refractivity contribution in [3.05, 3.63) is 29.8 Å². The van der Waals surface area contributed by atoms with Crippen LogP contribution in [0.25, 0.3) is 0 Å². The minimum atomic E-state index is -0.381. The van der Waals surface area contributed by atoms with E-state index in [1.165, 1.54) is 5.56 Å². The number of carbonyl (C=O) groups excluding carboxylic acids is 2. The molecule has 1 rings (SSSR count). The number of nitrogens with one attached hydrogen (secondary N) is 3. The van der Waals surface area contributed by atoms with E-state index in [1.54, 1.807) is 7.11 Å². The van der Waals surface area contributed by atoms with Crippen LogP contribution >= 0.6 is 0 Å². The number of urea groups is 1. The molecule has 0 aliphatic carbocycles. The summed E-state index contributed by atoms with van der Waals surface area (Å²) >= 11 is 0. The van der Waals surface area contributed by atoms with Gasteiger partial charge < -0.3 is 10.1 Å². The fourth-order valence-corrected chi connectivity index (χ4v) is 1.88. The molecule has 22 heavy (non-hydrogen) atoms. The summed E-state index contributed by atoms with van der Waals surface area (Å²) in [7, 11) is 1.64. The highest BCUT2D eigenvalue weighted by Crippen LogP contribution is 2.13. The minimum Gasteiger partial charge on any atom is -0.497 e. The second kappa shape index (κ2) is 10.5. The van der Waals surface area contributed by atoms with Gasteiger partial charge in [0.15, 0.2) is 0 Å². The lowest BCUT2D eigenvalue weighted by Crippen LogP contribution is -2.47. The van der Waals surface area contributed by atoms with Gasteiger partial charge >= 0.3 is 6.03 Å². The lowest BCUT2D eigenvalue weighted by molar-refractivity contribution is -0.121. The Labute approximate surface area is 131 Å². The van der Waals surface area contributed by atoms with Crippen LogP contribution in [0.4, 0.5) is 4.79 Å². The van der Waals surface area contributed by atoms with Gasteiger partial charge in [-0.15, -0.1) is 0 Å². The zero-order chi connectivity index (χ0) is 16.2. The van der Waals surface area contributed by atoms with Gasteiger partial charge in [-0.2, -0.15) is 0 Å². The van der Waals surface area contributed by atoms with Gasteiger partial charge in [0.1, 0.15) is 5.75 Å². The molecule has 3 amide bonds. The first kappa shape index (κ1) is 17.8. The van der Waals surface area contributed by atoms with Crippen molar-refractivity contribution in [2.45, 2.75) is 39.0 Å². The highest BCUT2D eigenvalue weighted by molar-refractivity contribution is 5.80. The Balaban J connectivity index is 2.10. The number of hydrazine groups is 1. The van der Waals surface area contributed by atoms with Crippen LogP contribution in [0.5, 0.6) is 5.75 Å². The quantitative estimate of drug-likeness (QED) is 0.508. The molecule has 0 bridgehead atoms. The Morgan fingerprint density at radius 2 is 1.82 bits per heavy atom. The van der Waals surface area contributed by atoms with Crippen molar-refractivity contribution in [1.82, 2.24) is 16.2 Å². The molecule has 0 spiro atoms. The first-order valence-electron chi connectivity index (χ1n) is 7.61. The number of rotatable bonds is 8. The maximum absolute atomic E-state index is 11.5. The molecule has 0 unspecified atom stereocenters. The highest BCUT2D eigenvalue weighted by Gasteiger charge is 2.03. The van der Waals surface area contributed by atoms with Gasteiger partial charge in [-0.1, -0.05) is 19.1 Å². The van der Waals surface area contributed by atoms with Crippen LogP contribution in [0.2, 0.25) is 0 Å². The highest BCUT2D eigenvalue weighted by atomic mass is 16.5. The smallest absolute Gasteiger partial charge is 0.333 e. The fraction of sp³-hybridized carbons (Fsp3) is 0.500. The summed E-state index contributed by atoms with van der Waals surface area (Å²) in [5.74, 6) is 0.664. The largest absolute Gasteiger partial charge is 0.497 e. The van der Waals surface area contributed by atoms with Crippen LogP contribution in [-0.2, 0) is 11.2 Å². The van der Waals surface area contributed by atoms with Crippen LogP contribution in [0.15, 0.2) is 24.3 Å². The average molecular weight is 307 g/mol. The van der Waals surface area contributed by atoms with Gasteiger partial charge in [-0.25, -0.2) is 10.2 Å². The van der Waals surface area contributed by atoms with Gasteiger partial charge in [0.05, 0.1) is 7.11 Å². The van der Waals surface area contributed by atoms with Crippen LogP contribution in [0, 0.1) is 0 Å². The second-order valence-corrected chi connectivity index (χ2v) is 4.98. The molecule has 0 saturated heterocycles. The molecule has 1 aromatic carbocycles. The molecule has 0 saturated carbocycles. The molecule has 3 N–H and O–H groups in total. The minimum absolute atomic E-state index is 0.179. The third-order valence-electron chi connectivity index (χ3n) is 3.13. The molecule has 0 radical (unpaired) electrons. The summed E-state index contributed by atoms with van der Waals surface area (Å²) in [6.45, 7) is 2.55. The Kier molecular flexibility index (Phi) is 8.49. The van der Waals surface area contributed by atoms with E-state index in [4.69, 9.17) is 4.74 Å². The van der Waals surface area contributed by atoms with Gasteiger partial charge in [-0.05, 0) is 43.4 Å². The van der Waals surface area contributed by atoms with E-state index in [1.807, 2.05) is 31.2 Å². The van der Waals surface area contributed by atoms with Crippen molar-refractivity contribution < 1.29 is 14.3 Å². The van der Waals surface area contributed by atoms with Crippen molar-refractivity contribution in [2.24, 2.45) is 0 Å². The maximum atomic E-state index is 11.5. The molecular formula is C16H25N3O3. The van der Waals surface area contributed by atoms with Crippen LogP contribution < -0.4 is 20.9 Å². The van der Waals surface area contributed by atoms with Crippen LogP contribution in [0.3, 0.4) is 0 Å². The summed E-state index contributed by atoms with van der Waals surface area (Å²) < 4.78 is 5.10. The molecule has 6 heteroatoms. The van der Waals surface area contributed by atoms with Gasteiger partial charge in [0.2, 0.25) is 5.91 Å². The Morgan fingerprint density at radius 3 is 2.45 bits per heavy atom. The molecule has 0 heterocycles. The zero-order valence-electron chi connectivity index (χ0n) is 13.3. The van der Waals surface area contributed by atoms with Gasteiger partial charge in [0, 0.05) is 13.0 Å². The second-order valence-electron chi connectivity index (χ2n) is 4.98. The zero-order valence-corrected chi connectivity index (χ0v) is 13.3. The number of carbonyl (C=O) groups is 2. The van der Waals surface area contributed by atoms with E-state index in [0.717, 1.165) is 31.4 Å². The van der Waals surface area contributed by atoms with Gasteiger partial charge in [0.25, 0.3) is 0 Å².